The number of carbonyl (C=O) groups is 1. The summed E-state index contributed by atoms with van der Waals surface area (Å²) in [5, 5.41) is 3.94. The van der Waals surface area contributed by atoms with E-state index in [2.05, 4.69) is 5.32 Å². The molecular formula is C16H19NO4S2. The molecule has 5 nitrogen and oxygen atoms in total. The van der Waals surface area contributed by atoms with Crippen LogP contribution in [-0.4, -0.2) is 36.8 Å². The average molecular weight is 353 g/mol. The maximum absolute atomic E-state index is 12.0. The number of rotatable bonds is 5. The van der Waals surface area contributed by atoms with Crippen LogP contribution in [0.1, 0.15) is 25.1 Å². The SMILES string of the molecule is C[C@H](NC(=O)CS[C@@H]1CCS(=O)(=O)C1)c1cc2ccccc2o1. The Hall–Kier alpha value is -1.47. The third-order valence-corrected chi connectivity index (χ3v) is 7.17. The molecule has 1 amide bonds. The zero-order valence-corrected chi connectivity index (χ0v) is 14.5. The van der Waals surface area contributed by atoms with Crippen molar-refractivity contribution in [3.8, 4) is 0 Å². The van der Waals surface area contributed by atoms with Gasteiger partial charge in [-0.1, -0.05) is 18.2 Å². The first kappa shape index (κ1) is 16.4. The van der Waals surface area contributed by atoms with Gasteiger partial charge in [-0.3, -0.25) is 4.79 Å². The predicted octanol–water partition coefficient (Wildman–Crippen LogP) is 2.53. The molecule has 1 aliphatic rings. The molecule has 1 N–H and O–H groups in total. The highest BCUT2D eigenvalue weighted by Crippen LogP contribution is 2.25. The second kappa shape index (κ2) is 6.57. The van der Waals surface area contributed by atoms with Gasteiger partial charge in [0.2, 0.25) is 5.91 Å². The first-order chi connectivity index (χ1) is 10.9. The van der Waals surface area contributed by atoms with E-state index >= 15 is 0 Å². The number of hydrogen-bond donors (Lipinski definition) is 1. The van der Waals surface area contributed by atoms with Crippen LogP contribution < -0.4 is 5.32 Å². The van der Waals surface area contributed by atoms with Crippen molar-refractivity contribution in [2.75, 3.05) is 17.3 Å². The molecule has 7 heteroatoms. The third-order valence-electron chi connectivity index (χ3n) is 3.89. The average Bonchev–Trinajstić information content (AvgIpc) is 3.08. The van der Waals surface area contributed by atoms with Crippen LogP contribution >= 0.6 is 11.8 Å². The molecule has 2 aromatic rings. The van der Waals surface area contributed by atoms with E-state index in [0.717, 1.165) is 11.0 Å². The summed E-state index contributed by atoms with van der Waals surface area (Å²) in [4.78, 5) is 12.0. The zero-order chi connectivity index (χ0) is 16.4. The molecule has 124 valence electrons. The van der Waals surface area contributed by atoms with Gasteiger partial charge in [0.15, 0.2) is 9.84 Å². The first-order valence-electron chi connectivity index (χ1n) is 7.53. The molecule has 1 aliphatic heterocycles. The van der Waals surface area contributed by atoms with E-state index in [1.807, 2.05) is 37.3 Å². The number of furan rings is 1. The molecule has 2 atom stereocenters. The van der Waals surface area contributed by atoms with Gasteiger partial charge in [0.1, 0.15) is 11.3 Å². The summed E-state index contributed by atoms with van der Waals surface area (Å²) in [6.07, 6.45) is 0.638. The summed E-state index contributed by atoms with van der Waals surface area (Å²) in [5.74, 6) is 1.30. The molecule has 0 aliphatic carbocycles. The number of sulfone groups is 1. The molecule has 1 fully saturated rings. The molecule has 0 bridgehead atoms. The van der Waals surface area contributed by atoms with Gasteiger partial charge < -0.3 is 9.73 Å². The maximum Gasteiger partial charge on any atom is 0.230 e. The lowest BCUT2D eigenvalue weighted by molar-refractivity contribution is -0.119. The normalized spacial score (nSPS) is 21.3. The maximum atomic E-state index is 12.0. The van der Waals surface area contributed by atoms with Gasteiger partial charge in [0, 0.05) is 10.6 Å². The fraction of sp³-hybridized carbons (Fsp3) is 0.438. The predicted molar refractivity (Wildman–Crippen MR) is 92.3 cm³/mol. The minimum Gasteiger partial charge on any atom is -0.459 e. The largest absolute Gasteiger partial charge is 0.459 e. The number of para-hydroxylation sites is 1. The Morgan fingerprint density at radius 3 is 2.91 bits per heavy atom. The van der Waals surface area contributed by atoms with Gasteiger partial charge in [-0.15, -0.1) is 11.8 Å². The second-order valence-electron chi connectivity index (χ2n) is 5.81. The lowest BCUT2D eigenvalue weighted by Gasteiger charge is -2.12. The van der Waals surface area contributed by atoms with E-state index in [4.69, 9.17) is 4.42 Å². The van der Waals surface area contributed by atoms with E-state index < -0.39 is 9.84 Å². The Bertz CT molecular complexity index is 779. The van der Waals surface area contributed by atoms with Crippen LogP contribution in [0.25, 0.3) is 11.0 Å². The van der Waals surface area contributed by atoms with E-state index in [9.17, 15) is 13.2 Å². The van der Waals surface area contributed by atoms with Gasteiger partial charge >= 0.3 is 0 Å². The molecule has 1 aromatic carbocycles. The molecule has 0 unspecified atom stereocenters. The van der Waals surface area contributed by atoms with Crippen molar-refractivity contribution in [2.45, 2.75) is 24.6 Å². The molecule has 0 saturated carbocycles. The van der Waals surface area contributed by atoms with E-state index in [0.29, 0.717) is 12.2 Å². The van der Waals surface area contributed by atoms with Crippen molar-refractivity contribution in [3.05, 3.63) is 36.1 Å². The molecule has 1 saturated heterocycles. The Morgan fingerprint density at radius 1 is 1.43 bits per heavy atom. The van der Waals surface area contributed by atoms with Crippen molar-refractivity contribution in [3.63, 3.8) is 0 Å². The van der Waals surface area contributed by atoms with Crippen molar-refractivity contribution in [1.29, 1.82) is 0 Å². The van der Waals surface area contributed by atoms with Gasteiger partial charge in [-0.05, 0) is 25.5 Å². The Morgan fingerprint density at radius 2 is 2.22 bits per heavy atom. The van der Waals surface area contributed by atoms with Gasteiger partial charge in [0.25, 0.3) is 0 Å². The van der Waals surface area contributed by atoms with Crippen LogP contribution in [0.3, 0.4) is 0 Å². The summed E-state index contributed by atoms with van der Waals surface area (Å²) < 4.78 is 28.5. The summed E-state index contributed by atoms with van der Waals surface area (Å²) in [5.41, 5.74) is 0.800. The van der Waals surface area contributed by atoms with Crippen molar-refractivity contribution in [2.24, 2.45) is 0 Å². The topological polar surface area (TPSA) is 76.4 Å². The number of thioether (sulfide) groups is 1. The monoisotopic (exact) mass is 353 g/mol. The highest BCUT2D eigenvalue weighted by Gasteiger charge is 2.28. The van der Waals surface area contributed by atoms with E-state index in [-0.39, 0.29) is 34.5 Å². The van der Waals surface area contributed by atoms with Crippen LogP contribution in [0.15, 0.2) is 34.7 Å². The van der Waals surface area contributed by atoms with Crippen LogP contribution in [-0.2, 0) is 14.6 Å². The standard InChI is InChI=1S/C16H19NO4S2/c1-11(15-8-12-4-2-3-5-14(12)21-15)17-16(18)9-22-13-6-7-23(19,20)10-13/h2-5,8,11,13H,6-7,9-10H2,1H3,(H,17,18)/t11-,13+/m0/s1. The minimum absolute atomic E-state index is 0.0345. The zero-order valence-electron chi connectivity index (χ0n) is 12.8. The first-order valence-corrected chi connectivity index (χ1v) is 10.4. The highest BCUT2D eigenvalue weighted by molar-refractivity contribution is 8.02. The number of benzene rings is 1. The highest BCUT2D eigenvalue weighted by atomic mass is 32.2. The minimum atomic E-state index is -2.89. The van der Waals surface area contributed by atoms with Crippen LogP contribution in [0.2, 0.25) is 0 Å². The number of fused-ring (bicyclic) bond motifs is 1. The van der Waals surface area contributed by atoms with Gasteiger partial charge in [-0.2, -0.15) is 0 Å². The number of hydrogen-bond acceptors (Lipinski definition) is 5. The summed E-state index contributed by atoms with van der Waals surface area (Å²) >= 11 is 1.41. The second-order valence-corrected chi connectivity index (χ2v) is 9.33. The van der Waals surface area contributed by atoms with Crippen molar-refractivity contribution < 1.29 is 17.6 Å². The Balaban J connectivity index is 1.53. The lowest BCUT2D eigenvalue weighted by atomic mass is 10.2. The molecule has 3 rings (SSSR count). The molecule has 0 radical (unpaired) electrons. The Labute approximate surface area is 139 Å². The summed E-state index contributed by atoms with van der Waals surface area (Å²) in [6, 6.07) is 9.42. The quantitative estimate of drug-likeness (QED) is 0.894. The van der Waals surface area contributed by atoms with Crippen molar-refractivity contribution >= 4 is 38.5 Å². The fourth-order valence-electron chi connectivity index (χ4n) is 2.66. The summed E-state index contributed by atoms with van der Waals surface area (Å²) in [6.45, 7) is 1.88. The number of carbonyl (C=O) groups excluding carboxylic acids is 1. The van der Waals surface area contributed by atoms with Crippen LogP contribution in [0.5, 0.6) is 0 Å². The molecule has 23 heavy (non-hydrogen) atoms. The number of amides is 1. The van der Waals surface area contributed by atoms with Crippen LogP contribution in [0, 0.1) is 0 Å². The Kier molecular flexibility index (Phi) is 4.68. The van der Waals surface area contributed by atoms with Gasteiger partial charge in [0.05, 0.1) is 23.3 Å². The molecule has 0 spiro atoms. The molecule has 2 heterocycles. The van der Waals surface area contributed by atoms with Gasteiger partial charge in [-0.25, -0.2) is 8.42 Å². The molecule has 1 aromatic heterocycles. The van der Waals surface area contributed by atoms with Crippen molar-refractivity contribution in [1.82, 2.24) is 5.32 Å². The third kappa shape index (κ3) is 4.09. The smallest absolute Gasteiger partial charge is 0.230 e. The van der Waals surface area contributed by atoms with E-state index in [1.54, 1.807) is 0 Å². The fourth-order valence-corrected chi connectivity index (χ4v) is 6.11. The van der Waals surface area contributed by atoms with Crippen LogP contribution in [0.4, 0.5) is 0 Å². The summed E-state index contributed by atoms with van der Waals surface area (Å²) in [7, 11) is -2.89. The number of nitrogens with one attached hydrogen (secondary N) is 1. The lowest BCUT2D eigenvalue weighted by Crippen LogP contribution is -2.28. The molecular weight excluding hydrogens is 334 g/mol. The van der Waals surface area contributed by atoms with E-state index in [1.165, 1.54) is 11.8 Å².